The van der Waals surface area contributed by atoms with Gasteiger partial charge in [-0.1, -0.05) is 39.3 Å². The molecule has 2 aromatic rings. The molecular weight excluding hydrogens is 429 g/mol. The number of carbonyl (C=O) groups is 1. The third-order valence-electron chi connectivity index (χ3n) is 5.36. The van der Waals surface area contributed by atoms with Crippen LogP contribution in [0.1, 0.15) is 52.5 Å². The van der Waals surface area contributed by atoms with Crippen molar-refractivity contribution in [1.29, 1.82) is 0 Å². The lowest BCUT2D eigenvalue weighted by Gasteiger charge is -2.29. The van der Waals surface area contributed by atoms with Gasteiger partial charge < -0.3 is 15.5 Å². The van der Waals surface area contributed by atoms with Gasteiger partial charge in [-0.05, 0) is 37.5 Å². The van der Waals surface area contributed by atoms with Crippen LogP contribution < -0.4 is 15.5 Å². The van der Waals surface area contributed by atoms with Crippen molar-refractivity contribution in [2.75, 3.05) is 43.1 Å². The molecule has 6 nitrogen and oxygen atoms in total. The van der Waals surface area contributed by atoms with Gasteiger partial charge in [0, 0.05) is 54.4 Å². The largest absolute Gasteiger partial charge is 0.354 e. The average Bonchev–Trinajstić information content (AvgIpc) is 2.78. The Balaban J connectivity index is 0.00000114. The van der Waals surface area contributed by atoms with Gasteiger partial charge in [0.1, 0.15) is 11.6 Å². The van der Waals surface area contributed by atoms with E-state index in [0.717, 1.165) is 55.2 Å². The number of carbonyl (C=O) groups excluding carboxylic acids is 1. The van der Waals surface area contributed by atoms with Gasteiger partial charge in [-0.25, -0.2) is 9.97 Å². The second-order valence-corrected chi connectivity index (χ2v) is 8.54. The molecule has 1 amide bonds. The van der Waals surface area contributed by atoms with E-state index in [1.54, 1.807) is 6.20 Å². The third-order valence-corrected chi connectivity index (χ3v) is 5.58. The number of hydrogen-bond donors (Lipinski definition) is 2. The van der Waals surface area contributed by atoms with Crippen LogP contribution in [-0.4, -0.2) is 48.7 Å². The SMILES string of the molecule is CCC(C)C(=O)Nc1nccc(-c2cc(Cl)cc(N3CCNCC3)n2)c1C(C)C.CCF. The Morgan fingerprint density at radius 2 is 1.91 bits per heavy atom. The number of rotatable bonds is 6. The Kier molecular flexibility index (Phi) is 10.3. The number of aromatic nitrogens is 2. The molecular formula is C24H35ClFN5O. The maximum absolute atomic E-state index is 12.5. The number of hydrogen-bond acceptors (Lipinski definition) is 5. The highest BCUT2D eigenvalue weighted by Gasteiger charge is 2.21. The fourth-order valence-electron chi connectivity index (χ4n) is 3.48. The number of piperazine rings is 1. The molecule has 2 aromatic heterocycles. The van der Waals surface area contributed by atoms with Crippen LogP contribution >= 0.6 is 11.6 Å². The summed E-state index contributed by atoms with van der Waals surface area (Å²) < 4.78 is 10.3. The van der Waals surface area contributed by atoms with Crippen LogP contribution in [0.25, 0.3) is 11.3 Å². The summed E-state index contributed by atoms with van der Waals surface area (Å²) in [5.74, 6) is 1.57. The van der Waals surface area contributed by atoms with E-state index in [0.29, 0.717) is 10.8 Å². The molecule has 2 N–H and O–H groups in total. The van der Waals surface area contributed by atoms with Crippen LogP contribution in [0, 0.1) is 5.92 Å². The van der Waals surface area contributed by atoms with Crippen LogP contribution in [0.3, 0.4) is 0 Å². The summed E-state index contributed by atoms with van der Waals surface area (Å²) >= 11 is 6.47. The number of nitrogens with zero attached hydrogens (tertiary/aromatic N) is 3. The maximum Gasteiger partial charge on any atom is 0.228 e. The number of alkyl halides is 1. The van der Waals surface area contributed by atoms with Crippen molar-refractivity contribution in [2.45, 2.75) is 47.0 Å². The number of amides is 1. The van der Waals surface area contributed by atoms with E-state index < -0.39 is 0 Å². The van der Waals surface area contributed by atoms with Gasteiger partial charge in [-0.3, -0.25) is 9.18 Å². The Hall–Kier alpha value is -2.25. The summed E-state index contributed by atoms with van der Waals surface area (Å²) in [5.41, 5.74) is 2.73. The molecule has 1 unspecified atom stereocenters. The Morgan fingerprint density at radius 3 is 2.50 bits per heavy atom. The minimum absolute atomic E-state index is 0.0143. The predicted molar refractivity (Wildman–Crippen MR) is 131 cm³/mol. The molecule has 1 saturated heterocycles. The second kappa shape index (κ2) is 12.7. The highest BCUT2D eigenvalue weighted by atomic mass is 35.5. The van der Waals surface area contributed by atoms with Gasteiger partial charge in [-0.2, -0.15) is 0 Å². The van der Waals surface area contributed by atoms with E-state index >= 15 is 0 Å². The number of pyridine rings is 2. The molecule has 3 heterocycles. The first-order valence-electron chi connectivity index (χ1n) is 11.3. The van der Waals surface area contributed by atoms with Gasteiger partial charge in [0.15, 0.2) is 0 Å². The Labute approximate surface area is 196 Å². The molecule has 1 aliphatic heterocycles. The summed E-state index contributed by atoms with van der Waals surface area (Å²) in [7, 11) is 0. The van der Waals surface area contributed by atoms with Crippen LogP contribution in [0.4, 0.5) is 16.0 Å². The lowest BCUT2D eigenvalue weighted by molar-refractivity contribution is -0.119. The number of anilines is 2. The fourth-order valence-corrected chi connectivity index (χ4v) is 3.68. The van der Waals surface area contributed by atoms with E-state index in [4.69, 9.17) is 16.6 Å². The van der Waals surface area contributed by atoms with Gasteiger partial charge in [-0.15, -0.1) is 0 Å². The van der Waals surface area contributed by atoms with Crippen LogP contribution in [0.5, 0.6) is 0 Å². The lowest BCUT2D eigenvalue weighted by atomic mass is 9.95. The molecule has 0 aromatic carbocycles. The average molecular weight is 464 g/mol. The summed E-state index contributed by atoms with van der Waals surface area (Å²) in [5, 5.41) is 7.03. The molecule has 1 atom stereocenters. The lowest BCUT2D eigenvalue weighted by Crippen LogP contribution is -2.43. The summed E-state index contributed by atoms with van der Waals surface area (Å²) in [6.07, 6.45) is 2.51. The molecule has 0 bridgehead atoms. The monoisotopic (exact) mass is 463 g/mol. The van der Waals surface area contributed by atoms with E-state index in [1.165, 1.54) is 6.92 Å². The predicted octanol–water partition coefficient (Wildman–Crippen LogP) is 5.29. The molecule has 0 saturated carbocycles. The third kappa shape index (κ3) is 6.87. The zero-order valence-electron chi connectivity index (χ0n) is 19.7. The van der Waals surface area contributed by atoms with Gasteiger partial charge >= 0.3 is 0 Å². The second-order valence-electron chi connectivity index (χ2n) is 8.11. The van der Waals surface area contributed by atoms with Crippen molar-refractivity contribution in [1.82, 2.24) is 15.3 Å². The van der Waals surface area contributed by atoms with E-state index in [2.05, 4.69) is 34.4 Å². The minimum atomic E-state index is -0.250. The highest BCUT2D eigenvalue weighted by molar-refractivity contribution is 6.31. The molecule has 0 radical (unpaired) electrons. The van der Waals surface area contributed by atoms with Crippen LogP contribution in [0.15, 0.2) is 24.4 Å². The zero-order valence-corrected chi connectivity index (χ0v) is 20.5. The molecule has 8 heteroatoms. The maximum atomic E-state index is 12.5. The molecule has 1 aliphatic rings. The van der Waals surface area contributed by atoms with Crippen molar-refractivity contribution >= 4 is 29.1 Å². The molecule has 1 fully saturated rings. The van der Waals surface area contributed by atoms with Gasteiger partial charge in [0.25, 0.3) is 0 Å². The first-order valence-corrected chi connectivity index (χ1v) is 11.7. The van der Waals surface area contributed by atoms with E-state index in [9.17, 15) is 9.18 Å². The highest BCUT2D eigenvalue weighted by Crippen LogP contribution is 2.35. The van der Waals surface area contributed by atoms with Crippen molar-refractivity contribution in [3.05, 3.63) is 35.0 Å². The Bertz CT molecular complexity index is 887. The van der Waals surface area contributed by atoms with E-state index in [1.807, 2.05) is 32.0 Å². The first-order chi connectivity index (χ1) is 15.3. The summed E-state index contributed by atoms with van der Waals surface area (Å²) in [6.45, 7) is 13.0. The normalized spacial score (nSPS) is 14.6. The topological polar surface area (TPSA) is 70.2 Å². The van der Waals surface area contributed by atoms with Crippen LogP contribution in [-0.2, 0) is 4.79 Å². The molecule has 32 heavy (non-hydrogen) atoms. The van der Waals surface area contributed by atoms with E-state index in [-0.39, 0.29) is 24.4 Å². The molecule has 0 aliphatic carbocycles. The van der Waals surface area contributed by atoms with Crippen molar-refractivity contribution in [3.8, 4) is 11.3 Å². The Morgan fingerprint density at radius 1 is 1.25 bits per heavy atom. The fraction of sp³-hybridized carbons (Fsp3) is 0.542. The first kappa shape index (κ1) is 26.0. The number of nitrogens with one attached hydrogen (secondary N) is 2. The van der Waals surface area contributed by atoms with Crippen molar-refractivity contribution in [2.24, 2.45) is 5.92 Å². The number of halogens is 2. The standard InChI is InChI=1S/C22H30ClN5O.C2H5F/c1-5-15(4)22(29)27-21-20(14(2)3)17(6-7-25-21)18-12-16(23)13-19(26-18)28-10-8-24-9-11-28;1-2-3/h6-7,12-15,24H,5,8-11H2,1-4H3,(H,25,27,29);2H2,1H3. The summed E-state index contributed by atoms with van der Waals surface area (Å²) in [4.78, 5) is 24.1. The molecule has 176 valence electrons. The minimum Gasteiger partial charge on any atom is -0.354 e. The molecule has 3 rings (SSSR count). The smallest absolute Gasteiger partial charge is 0.228 e. The quantitative estimate of drug-likeness (QED) is 0.609. The van der Waals surface area contributed by atoms with Gasteiger partial charge in [0.2, 0.25) is 5.91 Å². The zero-order chi connectivity index (χ0) is 23.7. The van der Waals surface area contributed by atoms with Crippen molar-refractivity contribution < 1.29 is 9.18 Å². The summed E-state index contributed by atoms with van der Waals surface area (Å²) in [6, 6.07) is 5.75. The molecule has 0 spiro atoms. The van der Waals surface area contributed by atoms with Gasteiger partial charge in [0.05, 0.1) is 12.4 Å². The van der Waals surface area contributed by atoms with Crippen molar-refractivity contribution in [3.63, 3.8) is 0 Å². The van der Waals surface area contributed by atoms with Crippen LogP contribution in [0.2, 0.25) is 5.02 Å².